The molecule has 1 aliphatic rings. The quantitative estimate of drug-likeness (QED) is 0.876. The third-order valence-corrected chi connectivity index (χ3v) is 4.15. The second-order valence-electron chi connectivity index (χ2n) is 5.98. The minimum absolute atomic E-state index is 0.140. The Kier molecular flexibility index (Phi) is 5.31. The van der Waals surface area contributed by atoms with Gasteiger partial charge in [-0.2, -0.15) is 0 Å². The van der Waals surface area contributed by atoms with Crippen LogP contribution in [0.5, 0.6) is 0 Å². The molecule has 0 bridgehead atoms. The fourth-order valence-corrected chi connectivity index (χ4v) is 2.98. The van der Waals surface area contributed by atoms with E-state index < -0.39 is 0 Å². The van der Waals surface area contributed by atoms with E-state index in [1.807, 2.05) is 18.2 Å². The molecule has 2 aromatic rings. The van der Waals surface area contributed by atoms with E-state index in [0.717, 1.165) is 24.5 Å². The van der Waals surface area contributed by atoms with E-state index in [4.69, 9.17) is 0 Å². The molecule has 3 rings (SSSR count). The largest absolute Gasteiger partial charge is 0.374 e. The lowest BCUT2D eigenvalue weighted by molar-refractivity contribution is -0.114. The lowest BCUT2D eigenvalue weighted by Crippen LogP contribution is -2.30. The Morgan fingerprint density at radius 1 is 1.04 bits per heavy atom. The molecule has 1 aliphatic heterocycles. The number of anilines is 3. The summed E-state index contributed by atoms with van der Waals surface area (Å²) in [6, 6.07) is 13.9. The minimum Gasteiger partial charge on any atom is -0.374 e. The maximum absolute atomic E-state index is 13.2. The number of carbonyl (C=O) groups is 1. The number of halogens is 1. The van der Waals surface area contributed by atoms with Gasteiger partial charge < -0.3 is 15.5 Å². The minimum atomic E-state index is -0.365. The van der Waals surface area contributed by atoms with E-state index in [1.165, 1.54) is 31.4 Å². The highest BCUT2D eigenvalue weighted by Gasteiger charge is 2.14. The van der Waals surface area contributed by atoms with Crippen molar-refractivity contribution in [1.82, 2.24) is 0 Å². The van der Waals surface area contributed by atoms with Gasteiger partial charge in [-0.05, 0) is 49.6 Å². The molecule has 1 amide bonds. The first-order chi connectivity index (χ1) is 11.7. The normalized spacial score (nSPS) is 14.3. The van der Waals surface area contributed by atoms with Crippen molar-refractivity contribution in [2.24, 2.45) is 0 Å². The van der Waals surface area contributed by atoms with Gasteiger partial charge in [0.05, 0.1) is 17.9 Å². The third-order valence-electron chi connectivity index (χ3n) is 4.15. The van der Waals surface area contributed by atoms with E-state index in [2.05, 4.69) is 21.6 Å². The molecular weight excluding hydrogens is 305 g/mol. The molecule has 5 heteroatoms. The van der Waals surface area contributed by atoms with Gasteiger partial charge in [0.2, 0.25) is 5.91 Å². The summed E-state index contributed by atoms with van der Waals surface area (Å²) in [4.78, 5) is 14.4. The lowest BCUT2D eigenvalue weighted by atomic mass is 10.1. The molecule has 0 aliphatic carbocycles. The van der Waals surface area contributed by atoms with Crippen molar-refractivity contribution in [3.63, 3.8) is 0 Å². The van der Waals surface area contributed by atoms with Crippen LogP contribution in [0.3, 0.4) is 0 Å². The van der Waals surface area contributed by atoms with Gasteiger partial charge in [0, 0.05) is 18.8 Å². The Bertz CT molecular complexity index is 699. The summed E-state index contributed by atoms with van der Waals surface area (Å²) in [6.07, 6.45) is 3.69. The molecule has 126 valence electrons. The van der Waals surface area contributed by atoms with Crippen LogP contribution in [-0.4, -0.2) is 25.5 Å². The Morgan fingerprint density at radius 2 is 1.83 bits per heavy atom. The van der Waals surface area contributed by atoms with Gasteiger partial charge >= 0.3 is 0 Å². The summed E-state index contributed by atoms with van der Waals surface area (Å²) in [7, 11) is 0. The second kappa shape index (κ2) is 7.81. The van der Waals surface area contributed by atoms with E-state index >= 15 is 0 Å². The number of amides is 1. The van der Waals surface area contributed by atoms with E-state index in [9.17, 15) is 9.18 Å². The van der Waals surface area contributed by atoms with E-state index in [0.29, 0.717) is 5.69 Å². The van der Waals surface area contributed by atoms with Crippen LogP contribution in [0.1, 0.15) is 19.3 Å². The molecule has 1 heterocycles. The number of hydrogen-bond acceptors (Lipinski definition) is 3. The van der Waals surface area contributed by atoms with Crippen LogP contribution < -0.4 is 15.5 Å². The lowest BCUT2D eigenvalue weighted by Gasteiger charge is -2.30. The van der Waals surface area contributed by atoms with E-state index in [1.54, 1.807) is 12.1 Å². The number of nitrogens with zero attached hydrogens (tertiary/aromatic N) is 1. The molecule has 0 saturated carbocycles. The summed E-state index contributed by atoms with van der Waals surface area (Å²) >= 11 is 0. The third kappa shape index (κ3) is 4.25. The molecule has 4 nitrogen and oxygen atoms in total. The van der Waals surface area contributed by atoms with Gasteiger partial charge in [0.1, 0.15) is 5.82 Å². The van der Waals surface area contributed by atoms with Gasteiger partial charge in [-0.3, -0.25) is 4.79 Å². The maximum Gasteiger partial charge on any atom is 0.243 e. The van der Waals surface area contributed by atoms with Crippen molar-refractivity contribution in [2.45, 2.75) is 19.3 Å². The number of rotatable bonds is 5. The fourth-order valence-electron chi connectivity index (χ4n) is 2.98. The number of carbonyl (C=O) groups excluding carboxylic acids is 1. The van der Waals surface area contributed by atoms with Crippen molar-refractivity contribution >= 4 is 23.0 Å². The second-order valence-corrected chi connectivity index (χ2v) is 5.98. The van der Waals surface area contributed by atoms with Crippen LogP contribution in [0, 0.1) is 5.82 Å². The van der Waals surface area contributed by atoms with Crippen LogP contribution in [0.2, 0.25) is 0 Å². The standard InChI is InChI=1S/C19H22FN3O/c20-15-7-6-8-16(13-15)22-19(24)14-21-17-9-2-3-10-18(17)23-11-4-1-5-12-23/h2-3,6-10,13,21H,1,4-5,11-12,14H2,(H,22,24). The molecule has 24 heavy (non-hydrogen) atoms. The molecule has 0 atom stereocenters. The van der Waals surface area contributed by atoms with Crippen LogP contribution in [-0.2, 0) is 4.79 Å². The molecule has 1 saturated heterocycles. The highest BCUT2D eigenvalue weighted by atomic mass is 19.1. The van der Waals surface area contributed by atoms with Crippen molar-refractivity contribution < 1.29 is 9.18 Å². The van der Waals surface area contributed by atoms with Gasteiger partial charge in [-0.15, -0.1) is 0 Å². The number of para-hydroxylation sites is 2. The first kappa shape index (κ1) is 16.3. The Morgan fingerprint density at radius 3 is 2.62 bits per heavy atom. The molecular formula is C19H22FN3O. The topological polar surface area (TPSA) is 44.4 Å². The first-order valence-corrected chi connectivity index (χ1v) is 8.35. The van der Waals surface area contributed by atoms with Crippen molar-refractivity contribution in [3.05, 3.63) is 54.3 Å². The number of benzene rings is 2. The molecule has 2 aromatic carbocycles. The predicted molar refractivity (Wildman–Crippen MR) is 96.0 cm³/mol. The summed E-state index contributed by atoms with van der Waals surface area (Å²) in [5.41, 5.74) is 2.55. The fraction of sp³-hybridized carbons (Fsp3) is 0.316. The van der Waals surface area contributed by atoms with Gasteiger partial charge in [0.15, 0.2) is 0 Å². The van der Waals surface area contributed by atoms with Crippen LogP contribution in [0.4, 0.5) is 21.5 Å². The first-order valence-electron chi connectivity index (χ1n) is 8.35. The van der Waals surface area contributed by atoms with Gasteiger partial charge in [0.25, 0.3) is 0 Å². The number of piperidine rings is 1. The van der Waals surface area contributed by atoms with Gasteiger partial charge in [-0.25, -0.2) is 4.39 Å². The van der Waals surface area contributed by atoms with Crippen molar-refractivity contribution in [2.75, 3.05) is 35.2 Å². The Labute approximate surface area is 141 Å². The monoisotopic (exact) mass is 327 g/mol. The molecule has 0 unspecified atom stereocenters. The Hall–Kier alpha value is -2.56. The zero-order chi connectivity index (χ0) is 16.8. The highest BCUT2D eigenvalue weighted by molar-refractivity contribution is 5.94. The van der Waals surface area contributed by atoms with Gasteiger partial charge in [-0.1, -0.05) is 18.2 Å². The molecule has 0 aromatic heterocycles. The molecule has 2 N–H and O–H groups in total. The molecule has 0 radical (unpaired) electrons. The van der Waals surface area contributed by atoms with E-state index in [-0.39, 0.29) is 18.3 Å². The summed E-state index contributed by atoms with van der Waals surface area (Å²) < 4.78 is 13.2. The van der Waals surface area contributed by atoms with Crippen LogP contribution in [0.15, 0.2) is 48.5 Å². The zero-order valence-corrected chi connectivity index (χ0v) is 13.6. The SMILES string of the molecule is O=C(CNc1ccccc1N1CCCCC1)Nc1cccc(F)c1. The number of hydrogen-bond donors (Lipinski definition) is 2. The summed E-state index contributed by atoms with van der Waals surface area (Å²) in [5.74, 6) is -0.565. The summed E-state index contributed by atoms with van der Waals surface area (Å²) in [6.45, 7) is 2.24. The van der Waals surface area contributed by atoms with Crippen LogP contribution >= 0.6 is 0 Å². The average Bonchev–Trinajstić information content (AvgIpc) is 2.61. The molecule has 1 fully saturated rings. The van der Waals surface area contributed by atoms with Crippen molar-refractivity contribution in [3.8, 4) is 0 Å². The highest BCUT2D eigenvalue weighted by Crippen LogP contribution is 2.28. The van der Waals surface area contributed by atoms with Crippen LogP contribution in [0.25, 0.3) is 0 Å². The predicted octanol–water partition coefficient (Wildman–Crippen LogP) is 3.87. The Balaban J connectivity index is 1.61. The molecule has 0 spiro atoms. The number of nitrogens with one attached hydrogen (secondary N) is 2. The smallest absolute Gasteiger partial charge is 0.243 e. The van der Waals surface area contributed by atoms with Crippen molar-refractivity contribution in [1.29, 1.82) is 0 Å². The maximum atomic E-state index is 13.2. The summed E-state index contributed by atoms with van der Waals surface area (Å²) in [5, 5.41) is 5.89. The average molecular weight is 327 g/mol. The zero-order valence-electron chi connectivity index (χ0n) is 13.6.